The number of benzene rings is 2. The van der Waals surface area contributed by atoms with E-state index in [-0.39, 0.29) is 24.5 Å². The molecular formula is C30H41N5O7. The van der Waals surface area contributed by atoms with Crippen LogP contribution < -0.4 is 27.0 Å². The summed E-state index contributed by atoms with van der Waals surface area (Å²) in [5.41, 5.74) is 5.38. The first kappa shape index (κ1) is 33.8. The van der Waals surface area contributed by atoms with Gasteiger partial charge in [0, 0.05) is 12.8 Å². The van der Waals surface area contributed by atoms with Crippen molar-refractivity contribution in [2.24, 2.45) is 11.7 Å². The average Bonchev–Trinajstić information content (AvgIpc) is 2.91. The normalized spacial score (nSPS) is 14.2. The molecule has 0 spiro atoms. The van der Waals surface area contributed by atoms with Gasteiger partial charge < -0.3 is 37.2 Å². The van der Waals surface area contributed by atoms with Crippen molar-refractivity contribution in [1.29, 1.82) is 0 Å². The summed E-state index contributed by atoms with van der Waals surface area (Å²) in [5.74, 6) is -4.13. The molecule has 228 valence electrons. The Bertz CT molecular complexity index is 1250. The highest BCUT2D eigenvalue weighted by Gasteiger charge is 2.36. The number of nitrogens with two attached hydrogens (primary N) is 1. The lowest BCUT2D eigenvalue weighted by Crippen LogP contribution is -2.63. The van der Waals surface area contributed by atoms with E-state index < -0.39 is 59.3 Å². The monoisotopic (exact) mass is 583 g/mol. The Morgan fingerprint density at radius 3 is 1.83 bits per heavy atom. The number of hydrogen-bond acceptors (Lipinski definition) is 7. The van der Waals surface area contributed by atoms with E-state index in [9.17, 15) is 34.2 Å². The molecule has 4 amide bonds. The van der Waals surface area contributed by atoms with Crippen molar-refractivity contribution in [3.8, 4) is 5.75 Å². The van der Waals surface area contributed by atoms with E-state index in [1.165, 1.54) is 32.9 Å². The van der Waals surface area contributed by atoms with E-state index in [2.05, 4.69) is 21.3 Å². The summed E-state index contributed by atoms with van der Waals surface area (Å²) in [6.07, 6.45) is -0.00825. The van der Waals surface area contributed by atoms with Gasteiger partial charge in [0.05, 0.1) is 6.04 Å². The van der Waals surface area contributed by atoms with Crippen molar-refractivity contribution in [1.82, 2.24) is 21.3 Å². The van der Waals surface area contributed by atoms with E-state index >= 15 is 0 Å². The molecule has 0 aliphatic carbocycles. The van der Waals surface area contributed by atoms with Crippen molar-refractivity contribution >= 4 is 29.6 Å². The molecular weight excluding hydrogens is 542 g/mol. The highest BCUT2D eigenvalue weighted by molar-refractivity contribution is 5.97. The fourth-order valence-electron chi connectivity index (χ4n) is 4.00. The smallest absolute Gasteiger partial charge is 0.326 e. The van der Waals surface area contributed by atoms with E-state index in [1.54, 1.807) is 56.3 Å². The predicted molar refractivity (Wildman–Crippen MR) is 156 cm³/mol. The SMILES string of the molecule is CC(C)[C@H](NC(=O)[C@H](C)N)C(=O)NC(C)(C)C(=O)N[C@@H](Cc1ccccc1)C(=O)N[C@@H](Cc1ccc(O)cc1)C(=O)O. The summed E-state index contributed by atoms with van der Waals surface area (Å²) in [7, 11) is 0. The maximum atomic E-state index is 13.4. The number of carbonyl (C=O) groups excluding carboxylic acids is 4. The molecule has 0 heterocycles. The van der Waals surface area contributed by atoms with Crippen LogP contribution in [-0.4, -0.2) is 69.5 Å². The molecule has 0 bridgehead atoms. The first-order valence-electron chi connectivity index (χ1n) is 13.6. The molecule has 12 nitrogen and oxygen atoms in total. The maximum Gasteiger partial charge on any atom is 0.326 e. The van der Waals surface area contributed by atoms with Crippen LogP contribution in [-0.2, 0) is 36.8 Å². The van der Waals surface area contributed by atoms with Crippen LogP contribution in [0.15, 0.2) is 54.6 Å². The van der Waals surface area contributed by atoms with Crippen molar-refractivity contribution < 1.29 is 34.2 Å². The minimum absolute atomic E-state index is 0.0195. The van der Waals surface area contributed by atoms with Gasteiger partial charge in [0.15, 0.2) is 0 Å². The molecule has 0 aromatic heterocycles. The van der Waals surface area contributed by atoms with Gasteiger partial charge in [-0.05, 0) is 49.9 Å². The zero-order chi connectivity index (χ0) is 31.6. The number of rotatable bonds is 14. The van der Waals surface area contributed by atoms with E-state index in [0.29, 0.717) is 11.1 Å². The Hall–Kier alpha value is -4.45. The van der Waals surface area contributed by atoms with Gasteiger partial charge in [-0.2, -0.15) is 0 Å². The number of phenolic OH excluding ortho intramolecular Hbond substituents is 1. The summed E-state index contributed by atoms with van der Waals surface area (Å²) in [6, 6.07) is 10.5. The van der Waals surface area contributed by atoms with Crippen LogP contribution in [0.1, 0.15) is 45.7 Å². The Balaban J connectivity index is 2.23. The third-order valence-electron chi connectivity index (χ3n) is 6.56. The molecule has 2 aromatic rings. The zero-order valence-corrected chi connectivity index (χ0v) is 24.5. The summed E-state index contributed by atoms with van der Waals surface area (Å²) >= 11 is 0. The Kier molecular flexibility index (Phi) is 12.0. The Morgan fingerprint density at radius 2 is 1.31 bits per heavy atom. The van der Waals surface area contributed by atoms with Gasteiger partial charge in [0.2, 0.25) is 23.6 Å². The standard InChI is InChI=1S/C30H41N5O7/c1-17(2)24(34-25(37)18(3)31)27(39)35-30(4,5)29(42)33-22(15-19-9-7-6-8-10-19)26(38)32-23(28(40)41)16-20-11-13-21(36)14-12-20/h6-14,17-18,22-24,36H,15-16,31H2,1-5H3,(H,32,38)(H,33,42)(H,34,37)(H,35,39)(H,40,41)/t18-,22-,23-,24-/m0/s1. The first-order chi connectivity index (χ1) is 19.6. The van der Waals surface area contributed by atoms with Crippen molar-refractivity contribution in [3.63, 3.8) is 0 Å². The van der Waals surface area contributed by atoms with Gasteiger partial charge >= 0.3 is 5.97 Å². The maximum absolute atomic E-state index is 13.4. The number of amides is 4. The second-order valence-electron chi connectivity index (χ2n) is 11.1. The highest BCUT2D eigenvalue weighted by Crippen LogP contribution is 2.13. The minimum Gasteiger partial charge on any atom is -0.508 e. The Labute approximate surface area is 245 Å². The van der Waals surface area contributed by atoms with Crippen LogP contribution in [0.5, 0.6) is 5.75 Å². The lowest BCUT2D eigenvalue weighted by molar-refractivity contribution is -0.142. The number of aromatic hydroxyl groups is 1. The Morgan fingerprint density at radius 1 is 0.762 bits per heavy atom. The van der Waals surface area contributed by atoms with Crippen molar-refractivity contribution in [2.75, 3.05) is 0 Å². The van der Waals surface area contributed by atoms with Gasteiger partial charge in [0.1, 0.15) is 29.4 Å². The molecule has 0 saturated heterocycles. The van der Waals surface area contributed by atoms with Gasteiger partial charge in [-0.1, -0.05) is 56.3 Å². The van der Waals surface area contributed by atoms with Crippen LogP contribution in [0.4, 0.5) is 0 Å². The van der Waals surface area contributed by atoms with Crippen LogP contribution in [0.25, 0.3) is 0 Å². The lowest BCUT2D eigenvalue weighted by Gasteiger charge is -2.31. The summed E-state index contributed by atoms with van der Waals surface area (Å²) in [4.78, 5) is 64.0. The number of carbonyl (C=O) groups is 5. The van der Waals surface area contributed by atoms with E-state index in [1.807, 2.05) is 0 Å². The number of carboxylic acid groups (broad SMARTS) is 1. The van der Waals surface area contributed by atoms with Gasteiger partial charge in [-0.15, -0.1) is 0 Å². The van der Waals surface area contributed by atoms with Gasteiger partial charge in [-0.25, -0.2) is 4.79 Å². The summed E-state index contributed by atoms with van der Waals surface area (Å²) in [6.45, 7) is 7.85. The molecule has 0 saturated carbocycles. The molecule has 8 N–H and O–H groups in total. The molecule has 0 aliphatic heterocycles. The van der Waals surface area contributed by atoms with E-state index in [0.717, 1.165) is 0 Å². The van der Waals surface area contributed by atoms with Crippen molar-refractivity contribution in [2.45, 2.75) is 77.2 Å². The number of hydrogen-bond donors (Lipinski definition) is 7. The van der Waals surface area contributed by atoms with Crippen LogP contribution >= 0.6 is 0 Å². The number of nitrogens with one attached hydrogen (secondary N) is 4. The second kappa shape index (κ2) is 15.0. The molecule has 0 radical (unpaired) electrons. The molecule has 0 fully saturated rings. The van der Waals surface area contributed by atoms with Crippen LogP contribution in [0.2, 0.25) is 0 Å². The van der Waals surface area contributed by atoms with E-state index in [4.69, 9.17) is 5.73 Å². The summed E-state index contributed by atoms with van der Waals surface area (Å²) in [5, 5.41) is 29.7. The van der Waals surface area contributed by atoms with Crippen LogP contribution in [0, 0.1) is 5.92 Å². The average molecular weight is 584 g/mol. The van der Waals surface area contributed by atoms with Crippen LogP contribution in [0.3, 0.4) is 0 Å². The number of aliphatic carboxylic acids is 1. The molecule has 0 unspecified atom stereocenters. The molecule has 42 heavy (non-hydrogen) atoms. The fraction of sp³-hybridized carbons (Fsp3) is 0.433. The second-order valence-corrected chi connectivity index (χ2v) is 11.1. The fourth-order valence-corrected chi connectivity index (χ4v) is 4.00. The van der Waals surface area contributed by atoms with Gasteiger partial charge in [-0.3, -0.25) is 19.2 Å². The zero-order valence-electron chi connectivity index (χ0n) is 24.5. The third-order valence-corrected chi connectivity index (χ3v) is 6.56. The molecule has 2 rings (SSSR count). The number of carboxylic acids is 1. The molecule has 4 atom stereocenters. The topological polar surface area (TPSA) is 200 Å². The first-order valence-corrected chi connectivity index (χ1v) is 13.6. The largest absolute Gasteiger partial charge is 0.508 e. The highest BCUT2D eigenvalue weighted by atomic mass is 16.4. The lowest BCUT2D eigenvalue weighted by atomic mass is 9.97. The predicted octanol–water partition coefficient (Wildman–Crippen LogP) is 0.614. The molecule has 2 aromatic carbocycles. The minimum atomic E-state index is -1.52. The number of phenols is 1. The van der Waals surface area contributed by atoms with Crippen molar-refractivity contribution in [3.05, 3.63) is 65.7 Å². The molecule has 0 aliphatic rings. The summed E-state index contributed by atoms with van der Waals surface area (Å²) < 4.78 is 0. The quantitative estimate of drug-likeness (QED) is 0.168. The van der Waals surface area contributed by atoms with Gasteiger partial charge in [0.25, 0.3) is 0 Å². The molecule has 12 heteroatoms. The third kappa shape index (κ3) is 10.2.